The maximum absolute atomic E-state index is 15.0. The lowest BCUT2D eigenvalue weighted by Gasteiger charge is -2.34. The van der Waals surface area contributed by atoms with Crippen LogP contribution < -0.4 is 5.32 Å². The molecule has 0 aromatic carbocycles. The van der Waals surface area contributed by atoms with E-state index in [1.165, 1.54) is 0 Å². The molecule has 1 aromatic heterocycles. The Bertz CT molecular complexity index is 436. The van der Waals surface area contributed by atoms with Crippen LogP contribution in [0.25, 0.3) is 0 Å². The molecule has 1 saturated heterocycles. The molecule has 0 bridgehead atoms. The Morgan fingerprint density at radius 3 is 2.84 bits per heavy atom. The SMILES string of the molecule is CCc1nn(C)c(CC(C)(F)C2CCCNC2)c1Cl. The van der Waals surface area contributed by atoms with Gasteiger partial charge in [0.25, 0.3) is 0 Å². The third kappa shape index (κ3) is 3.11. The summed E-state index contributed by atoms with van der Waals surface area (Å²) in [5, 5.41) is 8.27. The number of halogens is 2. The standard InChI is InChI=1S/C14H23ClFN3/c1-4-11-13(15)12(19(3)18-11)8-14(2,16)10-6-5-7-17-9-10/h10,17H,4-9H2,1-3H3. The summed E-state index contributed by atoms with van der Waals surface area (Å²) >= 11 is 6.31. The van der Waals surface area contributed by atoms with Crippen LogP contribution in [-0.4, -0.2) is 28.5 Å². The molecule has 1 N–H and O–H groups in total. The second kappa shape index (κ2) is 5.80. The van der Waals surface area contributed by atoms with Gasteiger partial charge < -0.3 is 5.32 Å². The highest BCUT2D eigenvalue weighted by atomic mass is 35.5. The van der Waals surface area contributed by atoms with Crippen LogP contribution in [0.2, 0.25) is 5.02 Å². The van der Waals surface area contributed by atoms with Crippen molar-refractivity contribution in [2.75, 3.05) is 13.1 Å². The third-order valence-corrected chi connectivity index (χ3v) is 4.60. The average molecular weight is 288 g/mol. The highest BCUT2D eigenvalue weighted by Crippen LogP contribution is 2.34. The number of piperidine rings is 1. The van der Waals surface area contributed by atoms with Crippen molar-refractivity contribution in [1.82, 2.24) is 15.1 Å². The summed E-state index contributed by atoms with van der Waals surface area (Å²) in [4.78, 5) is 0. The molecule has 2 unspecified atom stereocenters. The van der Waals surface area contributed by atoms with Gasteiger partial charge in [-0.15, -0.1) is 0 Å². The zero-order chi connectivity index (χ0) is 14.0. The Morgan fingerprint density at radius 2 is 2.32 bits per heavy atom. The number of hydrogen-bond acceptors (Lipinski definition) is 2. The molecule has 0 saturated carbocycles. The van der Waals surface area contributed by atoms with Crippen LogP contribution in [0.4, 0.5) is 4.39 Å². The molecule has 108 valence electrons. The van der Waals surface area contributed by atoms with E-state index in [2.05, 4.69) is 10.4 Å². The Labute approximate surface area is 119 Å². The minimum Gasteiger partial charge on any atom is -0.316 e. The number of rotatable bonds is 4. The van der Waals surface area contributed by atoms with Gasteiger partial charge >= 0.3 is 0 Å². The number of aryl methyl sites for hydroxylation is 2. The molecular formula is C14H23ClFN3. The van der Waals surface area contributed by atoms with Crippen molar-refractivity contribution in [2.24, 2.45) is 13.0 Å². The van der Waals surface area contributed by atoms with Crippen molar-refractivity contribution in [3.05, 3.63) is 16.4 Å². The number of nitrogens with one attached hydrogen (secondary N) is 1. The summed E-state index contributed by atoms with van der Waals surface area (Å²) in [6.45, 7) is 5.46. The molecule has 2 heterocycles. The lowest BCUT2D eigenvalue weighted by atomic mass is 9.82. The molecule has 0 radical (unpaired) electrons. The molecule has 19 heavy (non-hydrogen) atoms. The average Bonchev–Trinajstić information content (AvgIpc) is 2.67. The van der Waals surface area contributed by atoms with E-state index in [0.717, 1.165) is 43.7 Å². The van der Waals surface area contributed by atoms with Gasteiger partial charge in [0.05, 0.1) is 16.4 Å². The van der Waals surface area contributed by atoms with Crippen molar-refractivity contribution in [3.63, 3.8) is 0 Å². The van der Waals surface area contributed by atoms with Gasteiger partial charge in [0, 0.05) is 25.9 Å². The molecule has 2 rings (SSSR count). The Morgan fingerprint density at radius 1 is 1.58 bits per heavy atom. The van der Waals surface area contributed by atoms with Gasteiger partial charge in [-0.1, -0.05) is 18.5 Å². The zero-order valence-electron chi connectivity index (χ0n) is 12.0. The second-order valence-corrected chi connectivity index (χ2v) is 6.06. The van der Waals surface area contributed by atoms with E-state index in [1.54, 1.807) is 11.6 Å². The topological polar surface area (TPSA) is 29.9 Å². The van der Waals surface area contributed by atoms with Crippen LogP contribution in [0.1, 0.15) is 38.1 Å². The lowest BCUT2D eigenvalue weighted by Crippen LogP contribution is -2.43. The quantitative estimate of drug-likeness (QED) is 0.923. The van der Waals surface area contributed by atoms with E-state index in [-0.39, 0.29) is 5.92 Å². The van der Waals surface area contributed by atoms with Crippen molar-refractivity contribution in [2.45, 2.75) is 45.2 Å². The van der Waals surface area contributed by atoms with Crippen LogP contribution in [0.5, 0.6) is 0 Å². The zero-order valence-corrected chi connectivity index (χ0v) is 12.7. The van der Waals surface area contributed by atoms with Crippen molar-refractivity contribution < 1.29 is 4.39 Å². The van der Waals surface area contributed by atoms with Crippen LogP contribution in [-0.2, 0) is 19.9 Å². The number of aromatic nitrogens is 2. The first-order valence-corrected chi connectivity index (χ1v) is 7.43. The third-order valence-electron chi connectivity index (χ3n) is 4.16. The Hall–Kier alpha value is -0.610. The fourth-order valence-corrected chi connectivity index (χ4v) is 3.21. The molecule has 1 aromatic rings. The highest BCUT2D eigenvalue weighted by molar-refractivity contribution is 6.31. The summed E-state index contributed by atoms with van der Waals surface area (Å²) in [6, 6.07) is 0. The van der Waals surface area contributed by atoms with Gasteiger partial charge in [0.15, 0.2) is 0 Å². The molecule has 1 aliphatic rings. The first-order valence-electron chi connectivity index (χ1n) is 7.05. The van der Waals surface area contributed by atoms with E-state index < -0.39 is 5.67 Å². The monoisotopic (exact) mass is 287 g/mol. The summed E-state index contributed by atoms with van der Waals surface area (Å²) in [6.07, 6.45) is 3.10. The Kier molecular flexibility index (Phi) is 4.51. The highest BCUT2D eigenvalue weighted by Gasteiger charge is 2.37. The van der Waals surface area contributed by atoms with Crippen LogP contribution >= 0.6 is 11.6 Å². The van der Waals surface area contributed by atoms with Gasteiger partial charge in [0.1, 0.15) is 5.67 Å². The minimum atomic E-state index is -1.24. The normalized spacial score (nSPS) is 23.3. The van der Waals surface area contributed by atoms with E-state index in [9.17, 15) is 4.39 Å². The summed E-state index contributed by atoms with van der Waals surface area (Å²) < 4.78 is 16.7. The van der Waals surface area contributed by atoms with Crippen LogP contribution in [0.15, 0.2) is 0 Å². The first-order chi connectivity index (χ1) is 8.95. The molecule has 1 fully saturated rings. The molecular weight excluding hydrogens is 265 g/mol. The van der Waals surface area contributed by atoms with Crippen molar-refractivity contribution in [1.29, 1.82) is 0 Å². The van der Waals surface area contributed by atoms with Crippen LogP contribution in [0.3, 0.4) is 0 Å². The maximum Gasteiger partial charge on any atom is 0.117 e. The first kappa shape index (κ1) is 14.8. The number of nitrogens with zero attached hydrogens (tertiary/aromatic N) is 2. The number of hydrogen-bond donors (Lipinski definition) is 1. The second-order valence-electron chi connectivity index (χ2n) is 5.68. The number of alkyl halides is 1. The van der Waals surface area contributed by atoms with Crippen molar-refractivity contribution >= 4 is 11.6 Å². The maximum atomic E-state index is 15.0. The Balaban J connectivity index is 2.17. The molecule has 0 spiro atoms. The summed E-state index contributed by atoms with van der Waals surface area (Å²) in [5.74, 6) is 0.0530. The van der Waals surface area contributed by atoms with E-state index in [4.69, 9.17) is 11.6 Å². The minimum absolute atomic E-state index is 0.0530. The molecule has 0 aliphatic carbocycles. The van der Waals surface area contributed by atoms with Gasteiger partial charge in [-0.05, 0) is 32.7 Å². The van der Waals surface area contributed by atoms with Gasteiger partial charge in [-0.25, -0.2) is 4.39 Å². The van der Waals surface area contributed by atoms with Crippen molar-refractivity contribution in [3.8, 4) is 0 Å². The predicted octanol–water partition coefficient (Wildman–Crippen LogP) is 2.91. The van der Waals surface area contributed by atoms with Gasteiger partial charge in [0.2, 0.25) is 0 Å². The molecule has 3 nitrogen and oxygen atoms in total. The van der Waals surface area contributed by atoms with Crippen LogP contribution in [0, 0.1) is 5.92 Å². The summed E-state index contributed by atoms with van der Waals surface area (Å²) in [5.41, 5.74) is 0.432. The molecule has 5 heteroatoms. The lowest BCUT2D eigenvalue weighted by molar-refractivity contribution is 0.0813. The summed E-state index contributed by atoms with van der Waals surface area (Å²) in [7, 11) is 1.84. The molecule has 2 atom stereocenters. The fourth-order valence-electron chi connectivity index (χ4n) is 2.85. The van der Waals surface area contributed by atoms with E-state index in [0.29, 0.717) is 11.4 Å². The fraction of sp³-hybridized carbons (Fsp3) is 0.786. The predicted molar refractivity (Wildman–Crippen MR) is 76.4 cm³/mol. The smallest absolute Gasteiger partial charge is 0.117 e. The van der Waals surface area contributed by atoms with E-state index >= 15 is 0 Å². The molecule has 1 aliphatic heterocycles. The van der Waals surface area contributed by atoms with Gasteiger partial charge in [-0.3, -0.25) is 4.68 Å². The van der Waals surface area contributed by atoms with E-state index in [1.807, 2.05) is 14.0 Å². The largest absolute Gasteiger partial charge is 0.316 e. The van der Waals surface area contributed by atoms with Gasteiger partial charge in [-0.2, -0.15) is 5.10 Å². The molecule has 0 amide bonds.